The van der Waals surface area contributed by atoms with Crippen LogP contribution in [0.1, 0.15) is 24.5 Å². The lowest BCUT2D eigenvalue weighted by Gasteiger charge is -2.24. The summed E-state index contributed by atoms with van der Waals surface area (Å²) in [5, 5.41) is 9.52. The Labute approximate surface area is 137 Å². The van der Waals surface area contributed by atoms with E-state index in [9.17, 15) is 14.7 Å². The van der Waals surface area contributed by atoms with Crippen LogP contribution in [0.4, 0.5) is 0 Å². The van der Waals surface area contributed by atoms with E-state index in [2.05, 4.69) is 4.74 Å². The van der Waals surface area contributed by atoms with Crippen LogP contribution in [0, 0.1) is 13.8 Å². The van der Waals surface area contributed by atoms with Crippen molar-refractivity contribution in [2.75, 3.05) is 26.8 Å². The molecule has 0 aliphatic heterocycles. The van der Waals surface area contributed by atoms with Crippen LogP contribution in [-0.4, -0.2) is 54.8 Å². The number of amides is 1. The number of carbonyl (C=O) groups excluding carboxylic acids is 2. The summed E-state index contributed by atoms with van der Waals surface area (Å²) in [6.45, 7) is 5.61. The van der Waals surface area contributed by atoms with Crippen molar-refractivity contribution < 1.29 is 24.2 Å². The van der Waals surface area contributed by atoms with Crippen molar-refractivity contribution in [1.29, 1.82) is 0 Å². The van der Waals surface area contributed by atoms with Crippen molar-refractivity contribution in [3.8, 4) is 5.75 Å². The lowest BCUT2D eigenvalue weighted by Crippen LogP contribution is -2.40. The van der Waals surface area contributed by atoms with E-state index < -0.39 is 12.1 Å². The minimum Gasteiger partial charge on any atom is -0.483 e. The quantitative estimate of drug-likeness (QED) is 0.733. The molecule has 0 saturated carbocycles. The molecule has 0 spiro atoms. The predicted octanol–water partition coefficient (Wildman–Crippen LogP) is 1.45. The Bertz CT molecular complexity index is 522. The fourth-order valence-corrected chi connectivity index (χ4v) is 2.22. The normalized spacial score (nSPS) is 11.7. The predicted molar refractivity (Wildman–Crippen MR) is 86.3 cm³/mol. The molecule has 6 nitrogen and oxygen atoms in total. The number of aliphatic hydroxyl groups excluding tert-OH is 1. The molecule has 0 aromatic heterocycles. The highest BCUT2D eigenvalue weighted by atomic mass is 16.5. The zero-order valence-electron chi connectivity index (χ0n) is 14.2. The van der Waals surface area contributed by atoms with Crippen LogP contribution in [0.5, 0.6) is 5.75 Å². The molecule has 1 atom stereocenters. The molecular formula is C17H25NO5. The maximum Gasteiger partial charge on any atom is 0.307 e. The van der Waals surface area contributed by atoms with Gasteiger partial charge in [-0.3, -0.25) is 9.59 Å². The van der Waals surface area contributed by atoms with Gasteiger partial charge in [-0.05, 0) is 31.9 Å². The van der Waals surface area contributed by atoms with Crippen molar-refractivity contribution in [2.45, 2.75) is 33.3 Å². The number of ether oxygens (including phenoxy) is 2. The second-order valence-electron chi connectivity index (χ2n) is 5.52. The first-order valence-corrected chi connectivity index (χ1v) is 7.56. The Morgan fingerprint density at radius 1 is 1.26 bits per heavy atom. The van der Waals surface area contributed by atoms with Gasteiger partial charge in [0, 0.05) is 13.1 Å². The summed E-state index contributed by atoms with van der Waals surface area (Å²) in [5.41, 5.74) is 1.91. The molecule has 0 fully saturated rings. The van der Waals surface area contributed by atoms with E-state index in [1.165, 1.54) is 12.0 Å². The zero-order valence-corrected chi connectivity index (χ0v) is 14.2. The van der Waals surface area contributed by atoms with Crippen LogP contribution in [0.15, 0.2) is 18.2 Å². The Morgan fingerprint density at radius 3 is 2.39 bits per heavy atom. The summed E-state index contributed by atoms with van der Waals surface area (Å²) in [5.74, 6) is 0.00679. The van der Waals surface area contributed by atoms with Crippen LogP contribution in [-0.2, 0) is 14.3 Å². The molecule has 6 heteroatoms. The second kappa shape index (κ2) is 9.15. The van der Waals surface area contributed by atoms with Crippen LogP contribution in [0.3, 0.4) is 0 Å². The minimum atomic E-state index is -0.684. The highest BCUT2D eigenvalue weighted by Gasteiger charge is 2.18. The van der Waals surface area contributed by atoms with Crippen LogP contribution in [0.2, 0.25) is 0 Å². The van der Waals surface area contributed by atoms with Crippen molar-refractivity contribution in [2.24, 2.45) is 0 Å². The van der Waals surface area contributed by atoms with Crippen molar-refractivity contribution in [1.82, 2.24) is 4.90 Å². The van der Waals surface area contributed by atoms with Gasteiger partial charge in [0.15, 0.2) is 6.61 Å². The molecule has 1 aromatic rings. The molecule has 0 heterocycles. The van der Waals surface area contributed by atoms with E-state index in [-0.39, 0.29) is 32.0 Å². The van der Waals surface area contributed by atoms with E-state index in [1.54, 1.807) is 6.92 Å². The summed E-state index contributed by atoms with van der Waals surface area (Å²) < 4.78 is 10.2. The molecule has 1 amide bonds. The van der Waals surface area contributed by atoms with Crippen LogP contribution in [0.25, 0.3) is 0 Å². The molecule has 23 heavy (non-hydrogen) atoms. The number of nitrogens with zero attached hydrogens (tertiary/aromatic N) is 1. The molecule has 0 bridgehead atoms. The van der Waals surface area contributed by atoms with Crippen molar-refractivity contribution in [3.05, 3.63) is 29.3 Å². The number of aryl methyl sites for hydroxylation is 2. The Morgan fingerprint density at radius 2 is 1.87 bits per heavy atom. The SMILES string of the molecule is COC(=O)CCN(CC(C)O)C(=O)COc1c(C)cccc1C. The highest BCUT2D eigenvalue weighted by molar-refractivity contribution is 5.78. The Balaban J connectivity index is 2.67. The minimum absolute atomic E-state index is 0.0817. The summed E-state index contributed by atoms with van der Waals surface area (Å²) in [6.07, 6.45) is -0.602. The lowest BCUT2D eigenvalue weighted by molar-refractivity contribution is -0.142. The number of aliphatic hydroxyl groups is 1. The number of rotatable bonds is 8. The fourth-order valence-electron chi connectivity index (χ4n) is 2.22. The number of methoxy groups -OCH3 is 1. The van der Waals surface area contributed by atoms with Crippen LogP contribution < -0.4 is 4.74 Å². The van der Waals surface area contributed by atoms with Gasteiger partial charge >= 0.3 is 5.97 Å². The second-order valence-corrected chi connectivity index (χ2v) is 5.52. The van der Waals surface area contributed by atoms with Gasteiger partial charge in [-0.15, -0.1) is 0 Å². The molecule has 128 valence electrons. The maximum atomic E-state index is 12.3. The smallest absolute Gasteiger partial charge is 0.307 e. The third-order valence-electron chi connectivity index (χ3n) is 3.40. The molecule has 1 rings (SSSR count). The molecule has 1 unspecified atom stereocenters. The molecule has 0 radical (unpaired) electrons. The van der Waals surface area contributed by atoms with E-state index >= 15 is 0 Å². The number of hydrogen-bond donors (Lipinski definition) is 1. The third kappa shape index (κ3) is 6.28. The molecule has 0 saturated heterocycles. The van der Waals surface area contributed by atoms with E-state index in [1.807, 2.05) is 32.0 Å². The first kappa shape index (κ1) is 19.0. The van der Waals surface area contributed by atoms with Gasteiger partial charge in [0.05, 0.1) is 19.6 Å². The Hall–Kier alpha value is -2.08. The lowest BCUT2D eigenvalue weighted by atomic mass is 10.1. The van der Waals surface area contributed by atoms with Gasteiger partial charge in [-0.2, -0.15) is 0 Å². The topological polar surface area (TPSA) is 76.1 Å². The highest BCUT2D eigenvalue weighted by Crippen LogP contribution is 2.22. The fraction of sp³-hybridized carbons (Fsp3) is 0.529. The average Bonchev–Trinajstić information content (AvgIpc) is 2.49. The summed E-state index contributed by atoms with van der Waals surface area (Å²) in [6, 6.07) is 5.75. The Kier molecular flexibility index (Phi) is 7.54. The summed E-state index contributed by atoms with van der Waals surface area (Å²) >= 11 is 0. The molecule has 0 aliphatic carbocycles. The van der Waals surface area contributed by atoms with Crippen molar-refractivity contribution >= 4 is 11.9 Å². The molecule has 0 aliphatic rings. The van der Waals surface area contributed by atoms with Gasteiger partial charge < -0.3 is 19.5 Å². The first-order valence-electron chi connectivity index (χ1n) is 7.56. The van der Waals surface area contributed by atoms with E-state index in [0.717, 1.165) is 11.1 Å². The zero-order chi connectivity index (χ0) is 17.4. The van der Waals surface area contributed by atoms with Gasteiger partial charge in [-0.1, -0.05) is 18.2 Å². The number of esters is 1. The third-order valence-corrected chi connectivity index (χ3v) is 3.40. The number of para-hydroxylation sites is 1. The number of carbonyl (C=O) groups is 2. The van der Waals surface area contributed by atoms with Gasteiger partial charge in [0.25, 0.3) is 5.91 Å². The van der Waals surface area contributed by atoms with Crippen molar-refractivity contribution in [3.63, 3.8) is 0 Å². The van der Waals surface area contributed by atoms with Gasteiger partial charge in [0.2, 0.25) is 0 Å². The van der Waals surface area contributed by atoms with E-state index in [0.29, 0.717) is 5.75 Å². The largest absolute Gasteiger partial charge is 0.483 e. The standard InChI is InChI=1S/C17H25NO5/c1-12-6-5-7-13(2)17(12)23-11-15(20)18(10-14(3)19)9-8-16(21)22-4/h5-7,14,19H,8-11H2,1-4H3. The van der Waals surface area contributed by atoms with Crippen LogP contribution >= 0.6 is 0 Å². The molecular weight excluding hydrogens is 298 g/mol. The first-order chi connectivity index (χ1) is 10.8. The molecule has 1 aromatic carbocycles. The van der Waals surface area contributed by atoms with Gasteiger partial charge in [0.1, 0.15) is 5.75 Å². The number of hydrogen-bond acceptors (Lipinski definition) is 5. The van der Waals surface area contributed by atoms with Gasteiger partial charge in [-0.25, -0.2) is 0 Å². The summed E-state index contributed by atoms with van der Waals surface area (Å²) in [4.78, 5) is 25.0. The average molecular weight is 323 g/mol. The molecule has 1 N–H and O–H groups in total. The van der Waals surface area contributed by atoms with E-state index in [4.69, 9.17) is 4.74 Å². The maximum absolute atomic E-state index is 12.3. The number of benzene rings is 1. The summed E-state index contributed by atoms with van der Waals surface area (Å²) in [7, 11) is 1.30. The monoisotopic (exact) mass is 323 g/mol.